The van der Waals surface area contributed by atoms with Crippen LogP contribution in [0.4, 0.5) is 0 Å². The van der Waals surface area contributed by atoms with Crippen molar-refractivity contribution in [2.24, 2.45) is 0 Å². The van der Waals surface area contributed by atoms with Crippen LogP contribution in [0.2, 0.25) is 0 Å². The van der Waals surface area contributed by atoms with Crippen molar-refractivity contribution in [3.63, 3.8) is 0 Å². The zero-order chi connectivity index (χ0) is 12.3. The van der Waals surface area contributed by atoms with Crippen LogP contribution in [0.5, 0.6) is 0 Å². The fourth-order valence-electron chi connectivity index (χ4n) is 0.258. The molecular formula is C8H14O4S2Se. The molecule has 0 aliphatic heterocycles. The average molecular weight is 317 g/mol. The monoisotopic (exact) mass is 318 g/mol. The minimum atomic E-state index is -0.872. The Bertz CT molecular complexity index is 239. The third-order valence-electron chi connectivity index (χ3n) is 1.51. The van der Waals surface area contributed by atoms with Crippen LogP contribution in [0.1, 0.15) is 27.7 Å². The molecule has 0 radical (unpaired) electrons. The summed E-state index contributed by atoms with van der Waals surface area (Å²) in [6, 6.07) is 0. The molecule has 88 valence electrons. The molecule has 0 aromatic rings. The average Bonchev–Trinajstić information content (AvgIpc) is 2.02. The maximum atomic E-state index is 10.8. The van der Waals surface area contributed by atoms with Crippen molar-refractivity contribution in [3.8, 4) is 0 Å². The van der Waals surface area contributed by atoms with Crippen molar-refractivity contribution < 1.29 is 19.8 Å². The summed E-state index contributed by atoms with van der Waals surface area (Å²) in [4.78, 5) is 21.5. The summed E-state index contributed by atoms with van der Waals surface area (Å²) in [5, 5.41) is 17.7. The number of hydrogen-bond acceptors (Lipinski definition) is 4. The summed E-state index contributed by atoms with van der Waals surface area (Å²) in [5.41, 5.74) is 0. The fraction of sp³-hybridized carbons (Fsp3) is 0.750. The normalized spacial score (nSPS) is 12.5. The molecule has 0 aliphatic carbocycles. The Morgan fingerprint density at radius 1 is 0.933 bits per heavy atom. The van der Waals surface area contributed by atoms with Gasteiger partial charge in [0.2, 0.25) is 0 Å². The molecule has 0 saturated carbocycles. The van der Waals surface area contributed by atoms with Crippen LogP contribution in [0.3, 0.4) is 0 Å². The molecule has 0 aromatic heterocycles. The van der Waals surface area contributed by atoms with Gasteiger partial charge in [-0.1, -0.05) is 0 Å². The molecule has 0 spiro atoms. The van der Waals surface area contributed by atoms with E-state index in [0.29, 0.717) is 0 Å². The van der Waals surface area contributed by atoms with Crippen LogP contribution in [0.25, 0.3) is 0 Å². The third-order valence-corrected chi connectivity index (χ3v) is 11.1. The van der Waals surface area contributed by atoms with E-state index in [0.717, 1.165) is 0 Å². The topological polar surface area (TPSA) is 74.6 Å². The second kappa shape index (κ2) is 5.48. The van der Waals surface area contributed by atoms with Crippen LogP contribution >= 0.6 is 20.4 Å². The van der Waals surface area contributed by atoms with Gasteiger partial charge < -0.3 is 0 Å². The van der Waals surface area contributed by atoms with Gasteiger partial charge in [-0.3, -0.25) is 0 Å². The Kier molecular flexibility index (Phi) is 5.53. The van der Waals surface area contributed by atoms with Gasteiger partial charge in [0, 0.05) is 0 Å². The van der Waals surface area contributed by atoms with E-state index in [1.54, 1.807) is 27.7 Å². The van der Waals surface area contributed by atoms with Crippen LogP contribution in [0, 0.1) is 0 Å². The molecule has 0 rings (SSSR count). The Morgan fingerprint density at radius 2 is 1.20 bits per heavy atom. The van der Waals surface area contributed by atoms with E-state index in [-0.39, 0.29) is 12.7 Å². The Labute approximate surface area is 102 Å². The van der Waals surface area contributed by atoms with Gasteiger partial charge in [0.05, 0.1) is 0 Å². The van der Waals surface area contributed by atoms with Crippen LogP contribution in [-0.4, -0.2) is 44.4 Å². The van der Waals surface area contributed by atoms with Crippen molar-refractivity contribution in [2.45, 2.75) is 37.2 Å². The molecule has 0 aromatic carbocycles. The van der Waals surface area contributed by atoms with Crippen molar-refractivity contribution >= 4 is 45.0 Å². The molecule has 0 unspecified atom stereocenters. The number of carboxylic acids is 2. The zero-order valence-corrected chi connectivity index (χ0v) is 12.3. The van der Waals surface area contributed by atoms with Gasteiger partial charge in [-0.15, -0.1) is 0 Å². The van der Waals surface area contributed by atoms with E-state index >= 15 is 0 Å². The molecule has 0 amide bonds. The van der Waals surface area contributed by atoms with E-state index in [1.807, 2.05) is 0 Å². The van der Waals surface area contributed by atoms with Gasteiger partial charge in [0.25, 0.3) is 0 Å². The summed E-state index contributed by atoms with van der Waals surface area (Å²) < 4.78 is -1.69. The second-order valence-electron chi connectivity index (χ2n) is 3.87. The van der Waals surface area contributed by atoms with E-state index < -0.39 is 21.4 Å². The number of aliphatic carboxylic acids is 2. The molecular weight excluding hydrogens is 303 g/mol. The third kappa shape index (κ3) is 5.15. The number of carboxylic acid groups (broad SMARTS) is 2. The van der Waals surface area contributed by atoms with Crippen molar-refractivity contribution in [2.75, 3.05) is 0 Å². The second-order valence-corrected chi connectivity index (χ2v) is 11.5. The van der Waals surface area contributed by atoms with Crippen molar-refractivity contribution in [3.05, 3.63) is 0 Å². The van der Waals surface area contributed by atoms with Gasteiger partial charge in [-0.05, 0) is 0 Å². The molecule has 0 fully saturated rings. The minimum absolute atomic E-state index is 0.121. The number of hydrogen-bond donors (Lipinski definition) is 2. The summed E-state index contributed by atoms with van der Waals surface area (Å²) in [6.45, 7) is 6.48. The van der Waals surface area contributed by atoms with Gasteiger partial charge in [-0.2, -0.15) is 0 Å². The van der Waals surface area contributed by atoms with E-state index in [9.17, 15) is 9.59 Å². The molecule has 0 aliphatic rings. The number of rotatable bonds is 6. The molecule has 0 heterocycles. The quantitative estimate of drug-likeness (QED) is 0.727. The summed E-state index contributed by atoms with van der Waals surface area (Å²) in [7, 11) is 2.59. The number of carbonyl (C=O) groups is 2. The van der Waals surface area contributed by atoms with Crippen LogP contribution in [-0.2, 0) is 9.59 Å². The SMILES string of the molecule is CC(C)(S[Se]SC(C)(C)C(=O)O)C(=O)O. The summed E-state index contributed by atoms with van der Waals surface area (Å²) in [5.74, 6) is -1.74. The molecule has 0 bridgehead atoms. The Morgan fingerprint density at radius 3 is 1.40 bits per heavy atom. The molecule has 0 saturated heterocycles. The van der Waals surface area contributed by atoms with Crippen LogP contribution in [0.15, 0.2) is 0 Å². The zero-order valence-electron chi connectivity index (χ0n) is 8.94. The first-order valence-electron chi connectivity index (χ1n) is 4.10. The maximum absolute atomic E-state index is 10.8. The molecule has 4 nitrogen and oxygen atoms in total. The Hall–Kier alpha value is 0.159. The standard InChI is InChI=1S/C8H14O4S2Se/c1-7(2,5(9)10)13-15-14-8(3,4)6(11)12/h1-4H3,(H,9,10)(H,11,12). The molecule has 2 N–H and O–H groups in total. The van der Waals surface area contributed by atoms with Crippen molar-refractivity contribution in [1.82, 2.24) is 0 Å². The fourth-order valence-corrected chi connectivity index (χ4v) is 9.86. The van der Waals surface area contributed by atoms with E-state index in [2.05, 4.69) is 0 Å². The summed E-state index contributed by atoms with van der Waals surface area (Å²) in [6.07, 6.45) is 0. The van der Waals surface area contributed by atoms with Crippen LogP contribution < -0.4 is 0 Å². The first-order chi connectivity index (χ1) is 6.59. The van der Waals surface area contributed by atoms with E-state index in [1.165, 1.54) is 20.4 Å². The first kappa shape index (κ1) is 15.2. The van der Waals surface area contributed by atoms with Gasteiger partial charge in [0.15, 0.2) is 0 Å². The van der Waals surface area contributed by atoms with Crippen molar-refractivity contribution in [1.29, 1.82) is 0 Å². The van der Waals surface area contributed by atoms with Gasteiger partial charge in [-0.25, -0.2) is 0 Å². The van der Waals surface area contributed by atoms with E-state index in [4.69, 9.17) is 10.2 Å². The summed E-state index contributed by atoms with van der Waals surface area (Å²) >= 11 is -0.121. The van der Waals surface area contributed by atoms with Gasteiger partial charge in [0.1, 0.15) is 0 Å². The predicted molar refractivity (Wildman–Crippen MR) is 64.4 cm³/mol. The predicted octanol–water partition coefficient (Wildman–Crippen LogP) is 1.71. The van der Waals surface area contributed by atoms with Gasteiger partial charge >= 0.3 is 102 Å². The Balaban J connectivity index is 4.11. The molecule has 7 heteroatoms. The molecule has 0 atom stereocenters. The first-order valence-corrected chi connectivity index (χ1v) is 9.78. The molecule has 15 heavy (non-hydrogen) atoms.